The molecule has 1 unspecified atom stereocenters. The standard InChI is InChI=1S/C23H31O2P.Li.H/c1-8-11-25-19-9-10-20(15(2)14-19)26-22(24)21-16(3)12-18(13-17(21)4)23(5,6)7;;/h9-10,12-14,26H,8,11H2,1-7H3;;/q;+1;-1. The zero-order valence-electron chi connectivity index (χ0n) is 19.1. The van der Waals surface area contributed by atoms with Crippen molar-refractivity contribution in [2.24, 2.45) is 0 Å². The van der Waals surface area contributed by atoms with Gasteiger partial charge in [0.15, 0.2) is 5.52 Å². The molecule has 0 N–H and O–H groups in total. The zero-order valence-corrected chi connectivity index (χ0v) is 19.1. The van der Waals surface area contributed by atoms with Gasteiger partial charge >= 0.3 is 18.9 Å². The summed E-state index contributed by atoms with van der Waals surface area (Å²) in [6.45, 7) is 15.6. The number of carbonyl (C=O) groups is 1. The molecule has 0 amide bonds. The van der Waals surface area contributed by atoms with E-state index in [4.69, 9.17) is 4.74 Å². The van der Waals surface area contributed by atoms with Gasteiger partial charge in [0.2, 0.25) is 0 Å². The normalized spacial score (nSPS) is 11.5. The van der Waals surface area contributed by atoms with Crippen molar-refractivity contribution in [3.8, 4) is 5.75 Å². The van der Waals surface area contributed by atoms with Crippen LogP contribution in [0.25, 0.3) is 0 Å². The second kappa shape index (κ2) is 9.93. The van der Waals surface area contributed by atoms with E-state index in [1.54, 1.807) is 0 Å². The molecule has 2 rings (SSSR count). The zero-order chi connectivity index (χ0) is 19.5. The minimum atomic E-state index is 0. The molecular weight excluding hydrogens is 346 g/mol. The summed E-state index contributed by atoms with van der Waals surface area (Å²) in [5.41, 5.74) is 5.73. The summed E-state index contributed by atoms with van der Waals surface area (Å²) in [7, 11) is 0.135. The van der Waals surface area contributed by atoms with Crippen LogP contribution in [0.1, 0.15) is 68.2 Å². The summed E-state index contributed by atoms with van der Waals surface area (Å²) in [5.74, 6) is 0.882. The van der Waals surface area contributed by atoms with Crippen LogP contribution in [0.5, 0.6) is 5.75 Å². The number of aryl methyl sites for hydroxylation is 3. The van der Waals surface area contributed by atoms with Crippen LogP contribution < -0.4 is 28.9 Å². The molecular formula is C23H32LiO2P. The summed E-state index contributed by atoms with van der Waals surface area (Å²) in [4.78, 5) is 13.0. The van der Waals surface area contributed by atoms with Gasteiger partial charge in [-0.05, 0) is 80.9 Å². The molecule has 4 heteroatoms. The third-order valence-corrected chi connectivity index (χ3v) is 5.85. The Morgan fingerprint density at radius 2 is 1.63 bits per heavy atom. The van der Waals surface area contributed by atoms with Crippen LogP contribution >= 0.6 is 8.58 Å². The summed E-state index contributed by atoms with van der Waals surface area (Å²) >= 11 is 0. The Morgan fingerprint density at radius 1 is 1.04 bits per heavy atom. The molecule has 0 aliphatic carbocycles. The fraction of sp³-hybridized carbons (Fsp3) is 0.435. The molecule has 2 aromatic rings. The Labute approximate surface area is 179 Å². The molecule has 142 valence electrons. The molecule has 0 aromatic heterocycles. The maximum absolute atomic E-state index is 13.0. The maximum atomic E-state index is 13.0. The quantitative estimate of drug-likeness (QED) is 0.571. The Bertz CT molecular complexity index is 790. The number of rotatable bonds is 6. The Kier molecular flexibility index (Phi) is 8.82. The summed E-state index contributed by atoms with van der Waals surface area (Å²) in [6, 6.07) is 10.4. The molecule has 27 heavy (non-hydrogen) atoms. The average Bonchev–Trinajstić information content (AvgIpc) is 2.53. The van der Waals surface area contributed by atoms with Crippen molar-refractivity contribution in [3.63, 3.8) is 0 Å². The van der Waals surface area contributed by atoms with Gasteiger partial charge in [0.05, 0.1) is 6.61 Å². The van der Waals surface area contributed by atoms with Crippen LogP contribution in [0.2, 0.25) is 0 Å². The van der Waals surface area contributed by atoms with Crippen molar-refractivity contribution in [2.45, 2.75) is 60.3 Å². The topological polar surface area (TPSA) is 26.3 Å². The number of ether oxygens (including phenoxy) is 1. The molecule has 2 nitrogen and oxygen atoms in total. The van der Waals surface area contributed by atoms with Gasteiger partial charge in [-0.3, -0.25) is 4.79 Å². The molecule has 0 aliphatic rings. The van der Waals surface area contributed by atoms with E-state index in [9.17, 15) is 4.79 Å². The van der Waals surface area contributed by atoms with Crippen molar-refractivity contribution in [2.75, 3.05) is 6.61 Å². The van der Waals surface area contributed by atoms with Crippen molar-refractivity contribution < 1.29 is 29.8 Å². The van der Waals surface area contributed by atoms with Gasteiger partial charge in [0.25, 0.3) is 0 Å². The van der Waals surface area contributed by atoms with Crippen LogP contribution in [0, 0.1) is 20.8 Å². The van der Waals surface area contributed by atoms with Gasteiger partial charge in [-0.2, -0.15) is 0 Å². The fourth-order valence-electron chi connectivity index (χ4n) is 3.03. The second-order valence-corrected chi connectivity index (χ2v) is 9.26. The minimum Gasteiger partial charge on any atom is -1.00 e. The van der Waals surface area contributed by atoms with E-state index in [2.05, 4.69) is 60.6 Å². The van der Waals surface area contributed by atoms with E-state index in [-0.39, 0.29) is 39.8 Å². The Balaban J connectivity index is 0.00000364. The molecule has 0 aliphatic heterocycles. The van der Waals surface area contributed by atoms with Crippen LogP contribution in [0.4, 0.5) is 0 Å². The van der Waals surface area contributed by atoms with Crippen LogP contribution in [0.3, 0.4) is 0 Å². The van der Waals surface area contributed by atoms with Gasteiger partial charge < -0.3 is 6.16 Å². The van der Waals surface area contributed by atoms with Gasteiger partial charge in [0, 0.05) is 5.56 Å². The van der Waals surface area contributed by atoms with E-state index < -0.39 is 0 Å². The maximum Gasteiger partial charge on any atom is 1.00 e. The van der Waals surface area contributed by atoms with Crippen LogP contribution in [-0.2, 0) is 5.41 Å². The molecule has 0 spiro atoms. The first kappa shape index (κ1) is 24.0. The monoisotopic (exact) mass is 378 g/mol. The number of hydrogen-bond acceptors (Lipinski definition) is 2. The van der Waals surface area contributed by atoms with Crippen LogP contribution in [0.15, 0.2) is 30.3 Å². The summed E-state index contributed by atoms with van der Waals surface area (Å²) in [5, 5.41) is 1.09. The van der Waals surface area contributed by atoms with Crippen molar-refractivity contribution in [3.05, 3.63) is 58.1 Å². The molecule has 0 radical (unpaired) electrons. The van der Waals surface area contributed by atoms with Gasteiger partial charge in [-0.1, -0.05) is 45.9 Å². The van der Waals surface area contributed by atoms with Gasteiger partial charge in [-0.15, -0.1) is 0 Å². The first-order valence-electron chi connectivity index (χ1n) is 9.30. The predicted molar refractivity (Wildman–Crippen MR) is 115 cm³/mol. The molecule has 2 aromatic carbocycles. The van der Waals surface area contributed by atoms with E-state index in [0.717, 1.165) is 46.3 Å². The first-order chi connectivity index (χ1) is 12.1. The van der Waals surface area contributed by atoms with Crippen molar-refractivity contribution in [1.82, 2.24) is 0 Å². The van der Waals surface area contributed by atoms with E-state index in [1.165, 1.54) is 5.56 Å². The number of hydrogen-bond donors (Lipinski definition) is 0. The van der Waals surface area contributed by atoms with E-state index in [0.29, 0.717) is 0 Å². The second-order valence-electron chi connectivity index (χ2n) is 8.01. The summed E-state index contributed by atoms with van der Waals surface area (Å²) in [6.07, 6.45) is 0.990. The first-order valence-corrected chi connectivity index (χ1v) is 10.3. The third-order valence-electron chi connectivity index (χ3n) is 4.54. The molecule has 0 saturated carbocycles. The molecule has 0 bridgehead atoms. The molecule has 0 saturated heterocycles. The molecule has 1 atom stereocenters. The minimum absolute atomic E-state index is 0. The fourth-order valence-corrected chi connectivity index (χ4v) is 4.23. The van der Waals surface area contributed by atoms with E-state index in [1.807, 2.05) is 18.2 Å². The summed E-state index contributed by atoms with van der Waals surface area (Å²) < 4.78 is 5.68. The Morgan fingerprint density at radius 3 is 2.11 bits per heavy atom. The number of benzene rings is 2. The van der Waals surface area contributed by atoms with Crippen molar-refractivity contribution in [1.29, 1.82) is 0 Å². The van der Waals surface area contributed by atoms with Gasteiger partial charge in [0.1, 0.15) is 5.75 Å². The van der Waals surface area contributed by atoms with Gasteiger partial charge in [-0.25, -0.2) is 0 Å². The average molecular weight is 378 g/mol. The SMILES string of the molecule is CCCOc1ccc(PC(=O)c2c(C)cc(C(C)(C)C)cc2C)c(C)c1.[H-].[Li+]. The third kappa shape index (κ3) is 6.22. The van der Waals surface area contributed by atoms with Crippen LogP contribution in [-0.4, -0.2) is 12.1 Å². The smallest absolute Gasteiger partial charge is 1.00 e. The molecule has 0 heterocycles. The number of carbonyl (C=O) groups excluding carboxylic acids is 1. The predicted octanol–water partition coefficient (Wildman–Crippen LogP) is 2.96. The largest absolute Gasteiger partial charge is 1.00 e. The van der Waals surface area contributed by atoms with Crippen molar-refractivity contribution >= 4 is 19.4 Å². The van der Waals surface area contributed by atoms with E-state index >= 15 is 0 Å². The Hall–Kier alpha value is -1.06. The molecule has 0 fully saturated rings.